The van der Waals surface area contributed by atoms with Crippen LogP contribution in [0.4, 0.5) is 5.69 Å². The van der Waals surface area contributed by atoms with E-state index in [0.29, 0.717) is 3.57 Å². The number of anilines is 1. The molecule has 0 aromatic heterocycles. The first-order valence-electron chi connectivity index (χ1n) is 5.35. The van der Waals surface area contributed by atoms with Crippen LogP contribution in [0.1, 0.15) is 31.1 Å². The Balaban J connectivity index is 3.10. The quantitative estimate of drug-likeness (QED) is 0.677. The number of hydrogen-bond acceptors (Lipinski definition) is 3. The largest absolute Gasteiger partial charge is 0.478 e. The van der Waals surface area contributed by atoms with E-state index in [-0.39, 0.29) is 11.3 Å². The number of carbonyl (C=O) groups is 1. The lowest BCUT2D eigenvalue weighted by molar-refractivity contribution is 0.0698. The Morgan fingerprint density at radius 3 is 2.37 bits per heavy atom. The molecule has 0 unspecified atom stereocenters. The maximum atomic E-state index is 11.9. The van der Waals surface area contributed by atoms with Crippen LogP contribution in [-0.4, -0.2) is 25.0 Å². The molecule has 1 aromatic rings. The molecule has 0 heterocycles. The van der Waals surface area contributed by atoms with Gasteiger partial charge in [-0.15, -0.1) is 0 Å². The molecule has 6 nitrogen and oxygen atoms in total. The Bertz CT molecular complexity index is 593. The molecule has 1 rings (SSSR count). The summed E-state index contributed by atoms with van der Waals surface area (Å²) >= 11 is 1.96. The van der Waals surface area contributed by atoms with Gasteiger partial charge in [-0.1, -0.05) is 0 Å². The first kappa shape index (κ1) is 16.2. The Hall–Kier alpha value is -0.870. The van der Waals surface area contributed by atoms with Crippen LogP contribution in [-0.2, 0) is 10.2 Å². The number of aromatic carboxylic acids is 1. The molecule has 3 N–H and O–H groups in total. The Labute approximate surface area is 125 Å². The van der Waals surface area contributed by atoms with Gasteiger partial charge in [0.15, 0.2) is 0 Å². The maximum absolute atomic E-state index is 11.9. The molecular weight excluding hydrogens is 383 g/mol. The first-order valence-corrected chi connectivity index (χ1v) is 7.91. The Kier molecular flexibility index (Phi) is 4.80. The topological polar surface area (TPSA) is 95.5 Å². The molecule has 0 aliphatic carbocycles. The standard InChI is InChI=1S/C11H15IN2O4S/c1-11(2,3)14-19(17,18)13-9-5-4-7(12)6-8(9)10(15)16/h4-6,13-14H,1-3H3,(H,15,16). The number of carboxylic acid groups (broad SMARTS) is 1. The molecule has 1 aromatic carbocycles. The van der Waals surface area contributed by atoms with Crippen molar-refractivity contribution in [1.82, 2.24) is 4.72 Å². The monoisotopic (exact) mass is 398 g/mol. The zero-order valence-electron chi connectivity index (χ0n) is 10.7. The maximum Gasteiger partial charge on any atom is 0.337 e. The molecule has 0 fully saturated rings. The van der Waals surface area contributed by atoms with Gasteiger partial charge < -0.3 is 5.11 Å². The molecule has 0 aliphatic rings. The average Bonchev–Trinajstić information content (AvgIpc) is 2.16. The zero-order chi connectivity index (χ0) is 14.8. The summed E-state index contributed by atoms with van der Waals surface area (Å²) in [5.41, 5.74) is -0.714. The van der Waals surface area contributed by atoms with Gasteiger partial charge in [0.05, 0.1) is 11.3 Å². The van der Waals surface area contributed by atoms with Crippen LogP contribution in [0.2, 0.25) is 0 Å². The van der Waals surface area contributed by atoms with E-state index in [1.165, 1.54) is 12.1 Å². The van der Waals surface area contributed by atoms with Crippen molar-refractivity contribution in [1.29, 1.82) is 0 Å². The van der Waals surface area contributed by atoms with Crippen LogP contribution in [0.15, 0.2) is 18.2 Å². The fourth-order valence-electron chi connectivity index (χ4n) is 1.36. The second-order valence-electron chi connectivity index (χ2n) is 4.95. The van der Waals surface area contributed by atoms with Crippen molar-refractivity contribution in [2.24, 2.45) is 0 Å². The van der Waals surface area contributed by atoms with Crippen LogP contribution in [0.25, 0.3) is 0 Å². The van der Waals surface area contributed by atoms with E-state index in [2.05, 4.69) is 9.44 Å². The number of benzene rings is 1. The van der Waals surface area contributed by atoms with Gasteiger partial charge in [0.25, 0.3) is 10.2 Å². The molecule has 0 aliphatic heterocycles. The highest BCUT2D eigenvalue weighted by Crippen LogP contribution is 2.20. The van der Waals surface area contributed by atoms with Crippen molar-refractivity contribution in [2.75, 3.05) is 4.72 Å². The fraction of sp³-hybridized carbons (Fsp3) is 0.364. The third kappa shape index (κ3) is 5.33. The minimum atomic E-state index is -3.83. The highest BCUT2D eigenvalue weighted by molar-refractivity contribution is 14.1. The van der Waals surface area contributed by atoms with Crippen molar-refractivity contribution in [3.63, 3.8) is 0 Å². The minimum absolute atomic E-state index is 0.0321. The second kappa shape index (κ2) is 5.63. The summed E-state index contributed by atoms with van der Waals surface area (Å²) in [6.07, 6.45) is 0. The highest BCUT2D eigenvalue weighted by atomic mass is 127. The van der Waals surface area contributed by atoms with E-state index in [1.807, 2.05) is 22.6 Å². The number of hydrogen-bond donors (Lipinski definition) is 3. The molecule has 0 bridgehead atoms. The molecule has 0 saturated heterocycles. The van der Waals surface area contributed by atoms with Crippen LogP contribution in [0.3, 0.4) is 0 Å². The highest BCUT2D eigenvalue weighted by Gasteiger charge is 2.21. The lowest BCUT2D eigenvalue weighted by Crippen LogP contribution is -2.43. The SMILES string of the molecule is CC(C)(C)NS(=O)(=O)Nc1ccc(I)cc1C(=O)O. The van der Waals surface area contributed by atoms with Gasteiger partial charge in [-0.05, 0) is 61.6 Å². The summed E-state index contributed by atoms with van der Waals surface area (Å²) in [5.74, 6) is -1.19. The fourth-order valence-corrected chi connectivity index (χ4v) is 3.17. The predicted octanol–water partition coefficient (Wildman–Crippen LogP) is 2.03. The van der Waals surface area contributed by atoms with Crippen molar-refractivity contribution in [3.8, 4) is 0 Å². The van der Waals surface area contributed by atoms with Crippen molar-refractivity contribution < 1.29 is 18.3 Å². The van der Waals surface area contributed by atoms with E-state index in [4.69, 9.17) is 5.11 Å². The van der Waals surface area contributed by atoms with Crippen LogP contribution in [0.5, 0.6) is 0 Å². The third-order valence-electron chi connectivity index (χ3n) is 1.90. The van der Waals surface area contributed by atoms with Gasteiger partial charge in [-0.2, -0.15) is 13.1 Å². The third-order valence-corrected chi connectivity index (χ3v) is 3.94. The van der Waals surface area contributed by atoms with Gasteiger partial charge in [0.2, 0.25) is 0 Å². The number of rotatable bonds is 4. The second-order valence-corrected chi connectivity index (χ2v) is 7.61. The van der Waals surface area contributed by atoms with Gasteiger partial charge in [-0.25, -0.2) is 4.79 Å². The van der Waals surface area contributed by atoms with Gasteiger partial charge in [0, 0.05) is 9.11 Å². The summed E-state index contributed by atoms with van der Waals surface area (Å²) < 4.78 is 29.0. The molecule has 106 valence electrons. The van der Waals surface area contributed by atoms with Gasteiger partial charge in [-0.3, -0.25) is 4.72 Å². The summed E-state index contributed by atoms with van der Waals surface area (Å²) in [7, 11) is -3.83. The Morgan fingerprint density at radius 2 is 1.89 bits per heavy atom. The smallest absolute Gasteiger partial charge is 0.337 e. The summed E-state index contributed by atoms with van der Waals surface area (Å²) in [5, 5.41) is 9.06. The molecule has 19 heavy (non-hydrogen) atoms. The number of carboxylic acids is 1. The van der Waals surface area contributed by atoms with Crippen LogP contribution < -0.4 is 9.44 Å². The van der Waals surface area contributed by atoms with Gasteiger partial charge >= 0.3 is 5.97 Å². The van der Waals surface area contributed by atoms with Crippen LogP contribution >= 0.6 is 22.6 Å². The number of halogens is 1. The number of nitrogens with one attached hydrogen (secondary N) is 2. The lowest BCUT2D eigenvalue weighted by Gasteiger charge is -2.21. The van der Waals surface area contributed by atoms with E-state index in [9.17, 15) is 13.2 Å². The summed E-state index contributed by atoms with van der Waals surface area (Å²) in [4.78, 5) is 11.1. The van der Waals surface area contributed by atoms with E-state index in [0.717, 1.165) is 0 Å². The molecule has 0 saturated carbocycles. The minimum Gasteiger partial charge on any atom is -0.478 e. The normalized spacial score (nSPS) is 12.2. The van der Waals surface area contributed by atoms with Crippen LogP contribution in [0, 0.1) is 3.57 Å². The lowest BCUT2D eigenvalue weighted by atomic mass is 10.1. The molecule has 0 amide bonds. The van der Waals surface area contributed by atoms with Crippen molar-refractivity contribution in [2.45, 2.75) is 26.3 Å². The first-order chi connectivity index (χ1) is 8.50. The van der Waals surface area contributed by atoms with E-state index < -0.39 is 21.7 Å². The van der Waals surface area contributed by atoms with E-state index >= 15 is 0 Å². The summed E-state index contributed by atoms with van der Waals surface area (Å²) in [6, 6.07) is 4.45. The molecule has 8 heteroatoms. The molecule has 0 spiro atoms. The Morgan fingerprint density at radius 1 is 1.32 bits per heavy atom. The van der Waals surface area contributed by atoms with Gasteiger partial charge in [0.1, 0.15) is 0 Å². The average molecular weight is 398 g/mol. The molecule has 0 radical (unpaired) electrons. The van der Waals surface area contributed by atoms with E-state index in [1.54, 1.807) is 26.8 Å². The predicted molar refractivity (Wildman–Crippen MR) is 81.5 cm³/mol. The summed E-state index contributed by atoms with van der Waals surface area (Å²) in [6.45, 7) is 5.08. The van der Waals surface area contributed by atoms with Crippen molar-refractivity contribution in [3.05, 3.63) is 27.3 Å². The zero-order valence-corrected chi connectivity index (χ0v) is 13.7. The molecule has 0 atom stereocenters. The molecular formula is C11H15IN2O4S. The van der Waals surface area contributed by atoms with Crippen molar-refractivity contribution >= 4 is 44.5 Å².